The number of aliphatic carboxylic acids is 1. The number of carbonyl (C=O) groups excluding carboxylic acids is 1. The van der Waals surface area contributed by atoms with E-state index in [1.54, 1.807) is 36.4 Å². The van der Waals surface area contributed by atoms with Crippen molar-refractivity contribution in [1.82, 2.24) is 5.43 Å². The van der Waals surface area contributed by atoms with E-state index in [1.807, 2.05) is 6.92 Å². The van der Waals surface area contributed by atoms with Crippen LogP contribution in [0.2, 0.25) is 0 Å². The number of nitrogens with one attached hydrogen (secondary N) is 1. The van der Waals surface area contributed by atoms with Crippen molar-refractivity contribution < 1.29 is 28.9 Å². The van der Waals surface area contributed by atoms with Crippen molar-refractivity contribution in [3.8, 4) is 17.2 Å². The van der Waals surface area contributed by atoms with E-state index in [0.29, 0.717) is 35.0 Å². The fourth-order valence-corrected chi connectivity index (χ4v) is 2.64. The summed E-state index contributed by atoms with van der Waals surface area (Å²) in [6, 6.07) is 9.85. The van der Waals surface area contributed by atoms with Crippen molar-refractivity contribution in [3.63, 3.8) is 0 Å². The fraction of sp³-hybridized carbons (Fsp3) is 0.250. The maximum atomic E-state index is 12.4. The monoisotopic (exact) mass is 464 g/mol. The first-order valence-electron chi connectivity index (χ1n) is 8.73. The molecule has 0 atom stereocenters. The van der Waals surface area contributed by atoms with Crippen LogP contribution in [0.3, 0.4) is 0 Å². The number of amides is 1. The molecule has 0 spiro atoms. The van der Waals surface area contributed by atoms with E-state index in [4.69, 9.17) is 19.3 Å². The summed E-state index contributed by atoms with van der Waals surface area (Å²) in [5.41, 5.74) is 3.27. The van der Waals surface area contributed by atoms with Crippen LogP contribution in [-0.4, -0.2) is 43.5 Å². The smallest absolute Gasteiger partial charge is 0.341 e. The Hall–Kier alpha value is -3.07. The minimum absolute atomic E-state index is 0.327. The minimum atomic E-state index is -1.09. The first kappa shape index (κ1) is 22.2. The van der Waals surface area contributed by atoms with E-state index in [-0.39, 0.29) is 0 Å². The highest BCUT2D eigenvalue weighted by Crippen LogP contribution is 2.28. The number of rotatable bonds is 10. The maximum absolute atomic E-state index is 12.4. The molecule has 0 bridgehead atoms. The molecule has 29 heavy (non-hydrogen) atoms. The molecule has 8 nitrogen and oxygen atoms in total. The van der Waals surface area contributed by atoms with E-state index in [9.17, 15) is 9.59 Å². The van der Waals surface area contributed by atoms with Gasteiger partial charge in [0.05, 0.1) is 19.9 Å². The Balaban J connectivity index is 2.09. The van der Waals surface area contributed by atoms with Gasteiger partial charge in [-0.1, -0.05) is 22.9 Å². The molecule has 2 N–H and O–H groups in total. The average molecular weight is 465 g/mol. The number of carbonyl (C=O) groups is 2. The summed E-state index contributed by atoms with van der Waals surface area (Å²) in [5.74, 6) is -0.197. The molecule has 2 aromatic carbocycles. The molecule has 0 heterocycles. The van der Waals surface area contributed by atoms with Crippen LogP contribution in [0.15, 0.2) is 46.0 Å². The third-order valence-electron chi connectivity index (χ3n) is 3.58. The van der Waals surface area contributed by atoms with Gasteiger partial charge in [-0.3, -0.25) is 4.79 Å². The Bertz CT molecular complexity index is 901. The van der Waals surface area contributed by atoms with Gasteiger partial charge in [-0.25, -0.2) is 10.2 Å². The van der Waals surface area contributed by atoms with Crippen LogP contribution in [-0.2, 0) is 4.79 Å². The van der Waals surface area contributed by atoms with Crippen molar-refractivity contribution in [3.05, 3.63) is 52.0 Å². The summed E-state index contributed by atoms with van der Waals surface area (Å²) in [5, 5.41) is 12.7. The number of carboxylic acids is 1. The fourth-order valence-electron chi connectivity index (χ4n) is 2.26. The van der Waals surface area contributed by atoms with Crippen molar-refractivity contribution in [2.45, 2.75) is 13.3 Å². The van der Waals surface area contributed by atoms with Gasteiger partial charge in [0.2, 0.25) is 0 Å². The summed E-state index contributed by atoms with van der Waals surface area (Å²) in [6.45, 7) is 2.06. The van der Waals surface area contributed by atoms with E-state index in [2.05, 4.69) is 26.5 Å². The third-order valence-corrected chi connectivity index (χ3v) is 4.07. The van der Waals surface area contributed by atoms with Gasteiger partial charge in [-0.15, -0.1) is 0 Å². The second kappa shape index (κ2) is 11.1. The summed E-state index contributed by atoms with van der Waals surface area (Å²) in [6.07, 6.45) is 2.23. The normalized spacial score (nSPS) is 10.6. The average Bonchev–Trinajstić information content (AvgIpc) is 2.71. The van der Waals surface area contributed by atoms with Crippen molar-refractivity contribution >= 4 is 34.0 Å². The van der Waals surface area contributed by atoms with Crippen LogP contribution in [0.1, 0.15) is 29.3 Å². The zero-order valence-electron chi connectivity index (χ0n) is 16.0. The van der Waals surface area contributed by atoms with Gasteiger partial charge in [-0.05, 0) is 42.8 Å². The Morgan fingerprint density at radius 3 is 2.59 bits per heavy atom. The number of nitrogens with zero attached hydrogens (tertiary/aromatic N) is 1. The lowest BCUT2D eigenvalue weighted by Crippen LogP contribution is -2.18. The van der Waals surface area contributed by atoms with Gasteiger partial charge >= 0.3 is 5.97 Å². The summed E-state index contributed by atoms with van der Waals surface area (Å²) < 4.78 is 16.8. The number of ether oxygens (including phenoxy) is 3. The van der Waals surface area contributed by atoms with Gasteiger partial charge in [0, 0.05) is 15.6 Å². The standard InChI is InChI=1S/C20H21BrN2O6/c1-3-8-28-17-6-4-13(10-18(17)27-2)20(26)23-22-11-14-9-15(21)5-7-16(14)29-12-19(24)25/h4-7,9-11H,3,8,12H2,1-2H3,(H,23,26)(H,24,25)/b22-11+. The molecule has 1 amide bonds. The molecule has 9 heteroatoms. The van der Waals surface area contributed by atoms with Crippen molar-refractivity contribution in [1.29, 1.82) is 0 Å². The van der Waals surface area contributed by atoms with Crippen LogP contribution < -0.4 is 19.6 Å². The molecule has 2 rings (SSSR count). The predicted octanol–water partition coefficient (Wildman–Crippen LogP) is 3.47. The minimum Gasteiger partial charge on any atom is -0.493 e. The van der Waals surface area contributed by atoms with E-state index in [0.717, 1.165) is 10.9 Å². The lowest BCUT2D eigenvalue weighted by molar-refractivity contribution is -0.139. The van der Waals surface area contributed by atoms with Crippen molar-refractivity contribution in [2.75, 3.05) is 20.3 Å². The van der Waals surface area contributed by atoms with Crippen LogP contribution >= 0.6 is 15.9 Å². The molecule has 0 aliphatic heterocycles. The summed E-state index contributed by atoms with van der Waals surface area (Å²) >= 11 is 3.33. The largest absolute Gasteiger partial charge is 0.493 e. The van der Waals surface area contributed by atoms with Crippen LogP contribution in [0, 0.1) is 0 Å². The van der Waals surface area contributed by atoms with E-state index < -0.39 is 18.5 Å². The lowest BCUT2D eigenvalue weighted by Gasteiger charge is -2.11. The molecule has 0 saturated heterocycles. The quantitative estimate of drug-likeness (QED) is 0.411. The molecule has 154 valence electrons. The number of benzene rings is 2. The Kier molecular flexibility index (Phi) is 8.47. The first-order chi connectivity index (χ1) is 13.9. The van der Waals surface area contributed by atoms with E-state index >= 15 is 0 Å². The lowest BCUT2D eigenvalue weighted by atomic mass is 10.2. The number of hydrogen-bond donors (Lipinski definition) is 2. The maximum Gasteiger partial charge on any atom is 0.341 e. The Labute approximate surface area is 176 Å². The molecule has 0 aromatic heterocycles. The summed E-state index contributed by atoms with van der Waals surface area (Å²) in [7, 11) is 1.50. The number of halogens is 1. The number of carboxylic acid groups (broad SMARTS) is 1. The van der Waals surface area contributed by atoms with Crippen LogP contribution in [0.25, 0.3) is 0 Å². The van der Waals surface area contributed by atoms with Crippen LogP contribution in [0.4, 0.5) is 0 Å². The Morgan fingerprint density at radius 1 is 1.14 bits per heavy atom. The molecular formula is C20H21BrN2O6. The molecule has 0 unspecified atom stereocenters. The van der Waals surface area contributed by atoms with Gasteiger partial charge in [0.15, 0.2) is 18.1 Å². The number of methoxy groups -OCH3 is 1. The predicted molar refractivity (Wildman–Crippen MR) is 111 cm³/mol. The van der Waals surface area contributed by atoms with Crippen LogP contribution in [0.5, 0.6) is 17.2 Å². The van der Waals surface area contributed by atoms with Gasteiger partial charge < -0.3 is 19.3 Å². The molecular weight excluding hydrogens is 444 g/mol. The molecule has 0 aliphatic rings. The van der Waals surface area contributed by atoms with Gasteiger partial charge in [0.25, 0.3) is 5.91 Å². The van der Waals surface area contributed by atoms with Gasteiger partial charge in [-0.2, -0.15) is 5.10 Å². The molecule has 0 fully saturated rings. The number of hydrazone groups is 1. The highest BCUT2D eigenvalue weighted by molar-refractivity contribution is 9.10. The Morgan fingerprint density at radius 2 is 1.90 bits per heavy atom. The topological polar surface area (TPSA) is 106 Å². The van der Waals surface area contributed by atoms with E-state index in [1.165, 1.54) is 13.3 Å². The molecule has 0 aliphatic carbocycles. The summed E-state index contributed by atoms with van der Waals surface area (Å²) in [4.78, 5) is 23.1. The molecule has 0 saturated carbocycles. The zero-order valence-corrected chi connectivity index (χ0v) is 17.6. The highest BCUT2D eigenvalue weighted by atomic mass is 79.9. The van der Waals surface area contributed by atoms with Crippen molar-refractivity contribution in [2.24, 2.45) is 5.10 Å². The second-order valence-electron chi connectivity index (χ2n) is 5.78. The second-order valence-corrected chi connectivity index (χ2v) is 6.69. The third kappa shape index (κ3) is 6.79. The van der Waals surface area contributed by atoms with Gasteiger partial charge in [0.1, 0.15) is 5.75 Å². The first-order valence-corrected chi connectivity index (χ1v) is 9.52. The number of hydrogen-bond acceptors (Lipinski definition) is 6. The molecule has 0 radical (unpaired) electrons. The SMILES string of the molecule is CCCOc1ccc(C(=O)N/N=C/c2cc(Br)ccc2OCC(=O)O)cc1OC. The highest BCUT2D eigenvalue weighted by Gasteiger charge is 2.11. The molecule has 2 aromatic rings. The zero-order chi connectivity index (χ0) is 21.2.